The molecule has 3 heterocycles. The largest absolute Gasteiger partial charge is 0.461 e. The van der Waals surface area contributed by atoms with E-state index >= 15 is 0 Å². The van der Waals surface area contributed by atoms with Crippen molar-refractivity contribution in [2.24, 2.45) is 17.8 Å². The number of fused-ring (bicyclic) bond motifs is 2. The molecule has 3 aliphatic rings. The van der Waals surface area contributed by atoms with Gasteiger partial charge in [-0.1, -0.05) is 69.8 Å². The van der Waals surface area contributed by atoms with Gasteiger partial charge < -0.3 is 24.4 Å². The van der Waals surface area contributed by atoms with Crippen molar-refractivity contribution in [1.29, 1.82) is 0 Å². The fourth-order valence-corrected chi connectivity index (χ4v) is 7.68. The maximum atomic E-state index is 14.9. The van der Waals surface area contributed by atoms with Crippen LogP contribution in [-0.2, 0) is 23.9 Å². The highest BCUT2D eigenvalue weighted by atomic mass is 16.6. The summed E-state index contributed by atoms with van der Waals surface area (Å²) in [5, 5.41) is 12.6. The number of amides is 2. The Morgan fingerprint density at radius 2 is 1.90 bits per heavy atom. The molecule has 1 N–H and O–H groups in total. The molecule has 0 aliphatic carbocycles. The van der Waals surface area contributed by atoms with E-state index in [0.717, 1.165) is 10.8 Å². The average molecular weight is 575 g/mol. The van der Waals surface area contributed by atoms with Crippen LogP contribution in [0.1, 0.15) is 46.5 Å². The summed E-state index contributed by atoms with van der Waals surface area (Å²) < 4.78 is 12.4. The first-order chi connectivity index (χ1) is 20.2. The summed E-state index contributed by atoms with van der Waals surface area (Å²) in [6.07, 6.45) is 5.15. The van der Waals surface area contributed by atoms with E-state index in [1.54, 1.807) is 15.9 Å². The summed E-state index contributed by atoms with van der Waals surface area (Å²) in [5.74, 6) is -2.74. The Bertz CT molecular complexity index is 1390. The minimum Gasteiger partial charge on any atom is -0.461 e. The van der Waals surface area contributed by atoms with Gasteiger partial charge in [0.1, 0.15) is 24.2 Å². The van der Waals surface area contributed by atoms with E-state index in [4.69, 9.17) is 9.47 Å². The molecule has 5 rings (SSSR count). The minimum absolute atomic E-state index is 0.0246. The van der Waals surface area contributed by atoms with Crippen LogP contribution < -0.4 is 4.90 Å². The van der Waals surface area contributed by atoms with Crippen LogP contribution in [0.5, 0.6) is 0 Å². The molecule has 3 aliphatic heterocycles. The number of nitrogens with zero attached hydrogens (tertiary/aromatic N) is 2. The van der Waals surface area contributed by atoms with E-state index in [2.05, 4.69) is 13.2 Å². The molecule has 0 radical (unpaired) electrons. The third-order valence-electron chi connectivity index (χ3n) is 9.42. The first-order valence-electron chi connectivity index (χ1n) is 15.0. The van der Waals surface area contributed by atoms with Crippen molar-refractivity contribution in [2.75, 3.05) is 24.7 Å². The first kappa shape index (κ1) is 30.0. The molecule has 224 valence electrons. The van der Waals surface area contributed by atoms with Crippen molar-refractivity contribution in [2.45, 2.75) is 69.7 Å². The number of hydrogen-bond acceptors (Lipinski definition) is 6. The number of rotatable bonds is 12. The Hall–Kier alpha value is -3.49. The van der Waals surface area contributed by atoms with Crippen molar-refractivity contribution in [3.8, 4) is 0 Å². The summed E-state index contributed by atoms with van der Waals surface area (Å²) in [5.41, 5.74) is -1.44. The summed E-state index contributed by atoms with van der Waals surface area (Å²) in [6.45, 7) is 13.5. The predicted octanol–water partition coefficient (Wildman–Crippen LogP) is 4.65. The molecule has 2 aromatic carbocycles. The van der Waals surface area contributed by atoms with Crippen LogP contribution >= 0.6 is 0 Å². The zero-order chi connectivity index (χ0) is 30.2. The highest BCUT2D eigenvalue weighted by Crippen LogP contribution is 2.65. The molecule has 0 saturated carbocycles. The van der Waals surface area contributed by atoms with Crippen LogP contribution in [0, 0.1) is 17.8 Å². The normalized spacial score (nSPS) is 28.6. The molecule has 2 bridgehead atoms. The standard InChI is InChI=1S/C34H42N2O6/c1-6-17-35(25-14-13-23-11-9-10-12-24(23)20-25)31(39)29-34-16-15-33(8-3,42-34)28(32(40)41-18-7-2)27(34)30(38)36(29)26(21-37)19-22(4)5/h6-7,9-14,20,22,26-29,37H,1-2,8,15-19,21H2,3-5H3/t26-,27+,28+,29?,33-,34?/m1/s1. The fraction of sp³-hybridized carbons (Fsp3) is 0.500. The predicted molar refractivity (Wildman–Crippen MR) is 162 cm³/mol. The number of hydrogen-bond donors (Lipinski definition) is 1. The second-order valence-corrected chi connectivity index (χ2v) is 12.2. The van der Waals surface area contributed by atoms with Gasteiger partial charge in [0, 0.05) is 12.2 Å². The topological polar surface area (TPSA) is 96.4 Å². The Morgan fingerprint density at radius 3 is 2.55 bits per heavy atom. The van der Waals surface area contributed by atoms with Gasteiger partial charge in [0.2, 0.25) is 5.91 Å². The van der Waals surface area contributed by atoms with Crippen molar-refractivity contribution in [3.63, 3.8) is 0 Å². The zero-order valence-corrected chi connectivity index (χ0v) is 24.8. The van der Waals surface area contributed by atoms with Gasteiger partial charge in [0.25, 0.3) is 5.91 Å². The molecule has 3 fully saturated rings. The molecule has 0 aromatic heterocycles. The van der Waals surface area contributed by atoms with Crippen LogP contribution in [0.4, 0.5) is 5.69 Å². The summed E-state index contributed by atoms with van der Waals surface area (Å²) in [6, 6.07) is 12.1. The second kappa shape index (κ2) is 11.7. The monoisotopic (exact) mass is 574 g/mol. The molecule has 2 amide bonds. The Morgan fingerprint density at radius 1 is 1.17 bits per heavy atom. The second-order valence-electron chi connectivity index (χ2n) is 12.2. The molecule has 3 saturated heterocycles. The number of aliphatic hydroxyl groups is 1. The lowest BCUT2D eigenvalue weighted by atomic mass is 9.65. The van der Waals surface area contributed by atoms with Gasteiger partial charge in [-0.2, -0.15) is 0 Å². The summed E-state index contributed by atoms with van der Waals surface area (Å²) in [7, 11) is 0. The van der Waals surface area contributed by atoms with E-state index in [-0.39, 0.29) is 37.5 Å². The van der Waals surface area contributed by atoms with Gasteiger partial charge >= 0.3 is 5.97 Å². The highest BCUT2D eigenvalue weighted by Gasteiger charge is 2.79. The van der Waals surface area contributed by atoms with Gasteiger partial charge in [-0.15, -0.1) is 6.58 Å². The van der Waals surface area contributed by atoms with E-state index in [1.807, 2.05) is 63.2 Å². The molecule has 2 unspecified atom stereocenters. The molecule has 8 nitrogen and oxygen atoms in total. The van der Waals surface area contributed by atoms with Gasteiger partial charge in [-0.05, 0) is 54.5 Å². The molecule has 2 aromatic rings. The van der Waals surface area contributed by atoms with E-state index < -0.39 is 41.1 Å². The van der Waals surface area contributed by atoms with Crippen LogP contribution in [0.2, 0.25) is 0 Å². The Balaban J connectivity index is 1.64. The molecular weight excluding hydrogens is 532 g/mol. The Labute approximate surface area is 248 Å². The molecular formula is C34H42N2O6. The quantitative estimate of drug-likeness (QED) is 0.293. The number of esters is 1. The van der Waals surface area contributed by atoms with E-state index in [1.165, 1.54) is 6.08 Å². The molecule has 8 heteroatoms. The van der Waals surface area contributed by atoms with Gasteiger partial charge in [0.15, 0.2) is 0 Å². The average Bonchev–Trinajstić information content (AvgIpc) is 3.60. The van der Waals surface area contributed by atoms with Crippen molar-refractivity contribution < 1.29 is 29.0 Å². The molecule has 1 spiro atoms. The lowest BCUT2D eigenvalue weighted by molar-refractivity contribution is -0.161. The Kier molecular flexibility index (Phi) is 8.32. The van der Waals surface area contributed by atoms with Gasteiger partial charge in [0.05, 0.1) is 24.2 Å². The van der Waals surface area contributed by atoms with Gasteiger partial charge in [-0.3, -0.25) is 14.4 Å². The number of anilines is 1. The number of carbonyl (C=O) groups is 3. The maximum absolute atomic E-state index is 14.9. The first-order valence-corrected chi connectivity index (χ1v) is 15.0. The SMILES string of the molecule is C=CCOC(=O)[C@@H]1[C@H]2C(=O)N([C@@H](CO)CC(C)C)C(C(=O)N(CC=C)c3ccc4ccccc4c3)C23CC[C@@]1(CC)O3. The fourth-order valence-electron chi connectivity index (χ4n) is 7.68. The number of carbonyl (C=O) groups excluding carboxylic acids is 3. The van der Waals surface area contributed by atoms with E-state index in [0.29, 0.717) is 31.4 Å². The third kappa shape index (κ3) is 4.65. The van der Waals surface area contributed by atoms with Crippen LogP contribution in [-0.4, -0.2) is 70.8 Å². The number of ether oxygens (including phenoxy) is 2. The summed E-state index contributed by atoms with van der Waals surface area (Å²) in [4.78, 5) is 46.2. The minimum atomic E-state index is -1.22. The molecule has 6 atom stereocenters. The van der Waals surface area contributed by atoms with Gasteiger partial charge in [-0.25, -0.2) is 0 Å². The van der Waals surface area contributed by atoms with Crippen LogP contribution in [0.25, 0.3) is 10.8 Å². The maximum Gasteiger partial charge on any atom is 0.313 e. The number of benzene rings is 2. The highest BCUT2D eigenvalue weighted by molar-refractivity contribution is 6.05. The van der Waals surface area contributed by atoms with Crippen molar-refractivity contribution in [3.05, 3.63) is 67.8 Å². The third-order valence-corrected chi connectivity index (χ3v) is 9.42. The lowest BCUT2D eigenvalue weighted by Gasteiger charge is -2.40. The number of likely N-dealkylation sites (tertiary alicyclic amines) is 1. The summed E-state index contributed by atoms with van der Waals surface area (Å²) >= 11 is 0. The van der Waals surface area contributed by atoms with E-state index in [9.17, 15) is 19.5 Å². The van der Waals surface area contributed by atoms with Crippen molar-refractivity contribution in [1.82, 2.24) is 4.90 Å². The van der Waals surface area contributed by atoms with Crippen LogP contribution in [0.3, 0.4) is 0 Å². The zero-order valence-electron chi connectivity index (χ0n) is 24.8. The van der Waals surface area contributed by atoms with Crippen LogP contribution in [0.15, 0.2) is 67.8 Å². The smallest absolute Gasteiger partial charge is 0.313 e. The van der Waals surface area contributed by atoms with Crippen molar-refractivity contribution >= 4 is 34.2 Å². The number of aliphatic hydroxyl groups excluding tert-OH is 1. The molecule has 42 heavy (non-hydrogen) atoms. The lowest BCUT2D eigenvalue weighted by Crippen LogP contribution is -2.59.